The quantitative estimate of drug-likeness (QED) is 0.654. The van der Waals surface area contributed by atoms with Crippen LogP contribution in [0.1, 0.15) is 45.7 Å². The molecule has 1 aromatic carbocycles. The van der Waals surface area contributed by atoms with Gasteiger partial charge in [-0.3, -0.25) is 4.79 Å². The number of carbonyl (C=O) groups is 1. The molecule has 16 heavy (non-hydrogen) atoms. The van der Waals surface area contributed by atoms with Crippen molar-refractivity contribution >= 4 is 5.91 Å². The molecule has 0 radical (unpaired) electrons. The highest BCUT2D eigenvalue weighted by molar-refractivity contribution is 5.77. The van der Waals surface area contributed by atoms with Gasteiger partial charge in [0.2, 0.25) is 5.91 Å². The predicted octanol–water partition coefficient (Wildman–Crippen LogP) is 3.02. The van der Waals surface area contributed by atoms with Crippen LogP contribution in [0.15, 0.2) is 24.3 Å². The van der Waals surface area contributed by atoms with Gasteiger partial charge in [0.25, 0.3) is 0 Å². The zero-order chi connectivity index (χ0) is 12.1. The standard InChI is InChI=1S/C14H19NO/c1-10(16)15-13(2,3)11-8-6-7-9-12(11)14(15,4)5/h6-9H,1-5H3. The summed E-state index contributed by atoms with van der Waals surface area (Å²) in [6.45, 7) is 10.1. The lowest BCUT2D eigenvalue weighted by Gasteiger charge is -2.40. The van der Waals surface area contributed by atoms with Gasteiger partial charge in [-0.2, -0.15) is 0 Å². The second kappa shape index (κ2) is 3.09. The molecule has 86 valence electrons. The van der Waals surface area contributed by atoms with Crippen LogP contribution < -0.4 is 0 Å². The Morgan fingerprint density at radius 2 is 1.38 bits per heavy atom. The third kappa shape index (κ3) is 1.22. The maximum Gasteiger partial charge on any atom is 0.220 e. The predicted molar refractivity (Wildman–Crippen MR) is 65.0 cm³/mol. The molecule has 2 nitrogen and oxygen atoms in total. The molecule has 0 spiro atoms. The Bertz CT molecular complexity index is 411. The molecule has 0 N–H and O–H groups in total. The van der Waals surface area contributed by atoms with Crippen LogP contribution in [-0.2, 0) is 15.9 Å². The zero-order valence-electron chi connectivity index (χ0n) is 10.7. The third-order valence-electron chi connectivity index (χ3n) is 3.68. The van der Waals surface area contributed by atoms with Gasteiger partial charge in [-0.15, -0.1) is 0 Å². The fraction of sp³-hybridized carbons (Fsp3) is 0.500. The molecule has 1 heterocycles. The van der Waals surface area contributed by atoms with E-state index in [4.69, 9.17) is 0 Å². The minimum Gasteiger partial charge on any atom is -0.325 e. The molecule has 0 unspecified atom stereocenters. The number of carbonyl (C=O) groups excluding carboxylic acids is 1. The van der Waals surface area contributed by atoms with Gasteiger partial charge in [-0.05, 0) is 38.8 Å². The van der Waals surface area contributed by atoms with Crippen molar-refractivity contribution in [3.63, 3.8) is 0 Å². The minimum absolute atomic E-state index is 0.131. The molecule has 1 aliphatic heterocycles. The van der Waals surface area contributed by atoms with Crippen LogP contribution in [-0.4, -0.2) is 10.8 Å². The van der Waals surface area contributed by atoms with Crippen molar-refractivity contribution < 1.29 is 4.79 Å². The Morgan fingerprint density at radius 1 is 1.00 bits per heavy atom. The van der Waals surface area contributed by atoms with Crippen molar-refractivity contribution in [1.82, 2.24) is 4.90 Å². The number of amides is 1. The molecular weight excluding hydrogens is 198 g/mol. The first-order valence-corrected chi connectivity index (χ1v) is 5.70. The van der Waals surface area contributed by atoms with Gasteiger partial charge in [0.15, 0.2) is 0 Å². The lowest BCUT2D eigenvalue weighted by Crippen LogP contribution is -2.48. The Hall–Kier alpha value is -1.31. The minimum atomic E-state index is -0.216. The summed E-state index contributed by atoms with van der Waals surface area (Å²) >= 11 is 0. The molecule has 1 aromatic rings. The molecule has 1 amide bonds. The first kappa shape index (κ1) is 11.2. The number of fused-ring (bicyclic) bond motifs is 1. The fourth-order valence-electron chi connectivity index (χ4n) is 3.28. The second-order valence-corrected chi connectivity index (χ2v) is 5.52. The van der Waals surface area contributed by atoms with E-state index in [-0.39, 0.29) is 17.0 Å². The SMILES string of the molecule is CC(=O)N1C(C)(C)c2ccccc2C1(C)C. The number of rotatable bonds is 0. The van der Waals surface area contributed by atoms with Crippen molar-refractivity contribution in [1.29, 1.82) is 0 Å². The maximum absolute atomic E-state index is 11.9. The van der Waals surface area contributed by atoms with Gasteiger partial charge >= 0.3 is 0 Å². The fourth-order valence-corrected chi connectivity index (χ4v) is 3.28. The summed E-state index contributed by atoms with van der Waals surface area (Å²) in [5.74, 6) is 0.131. The van der Waals surface area contributed by atoms with Crippen LogP contribution in [0.2, 0.25) is 0 Å². The van der Waals surface area contributed by atoms with Gasteiger partial charge in [0.05, 0.1) is 11.1 Å². The molecule has 1 aliphatic rings. The molecule has 2 heteroatoms. The van der Waals surface area contributed by atoms with Crippen molar-refractivity contribution in [3.05, 3.63) is 35.4 Å². The lowest BCUT2D eigenvalue weighted by atomic mass is 9.91. The van der Waals surface area contributed by atoms with Crippen molar-refractivity contribution in [2.75, 3.05) is 0 Å². The maximum atomic E-state index is 11.9. The molecule has 0 saturated carbocycles. The Morgan fingerprint density at radius 3 is 1.69 bits per heavy atom. The molecule has 0 aromatic heterocycles. The summed E-state index contributed by atoms with van der Waals surface area (Å²) in [5, 5.41) is 0. The highest BCUT2D eigenvalue weighted by Gasteiger charge is 2.49. The number of nitrogens with zero attached hydrogens (tertiary/aromatic N) is 1. The van der Waals surface area contributed by atoms with E-state index < -0.39 is 0 Å². The van der Waals surface area contributed by atoms with E-state index in [0.717, 1.165) is 0 Å². The number of benzene rings is 1. The largest absolute Gasteiger partial charge is 0.325 e. The lowest BCUT2D eigenvalue weighted by molar-refractivity contribution is -0.140. The first-order valence-electron chi connectivity index (χ1n) is 5.70. The summed E-state index contributed by atoms with van der Waals surface area (Å²) in [5.41, 5.74) is 2.09. The van der Waals surface area contributed by atoms with E-state index in [1.165, 1.54) is 11.1 Å². The van der Waals surface area contributed by atoms with E-state index in [2.05, 4.69) is 39.8 Å². The average Bonchev–Trinajstić information content (AvgIpc) is 2.31. The molecule has 0 aliphatic carbocycles. The van der Waals surface area contributed by atoms with Crippen molar-refractivity contribution in [3.8, 4) is 0 Å². The first-order chi connectivity index (χ1) is 7.29. The highest BCUT2D eigenvalue weighted by Crippen LogP contribution is 2.48. The molecule has 0 fully saturated rings. The van der Waals surface area contributed by atoms with E-state index in [1.807, 2.05) is 17.0 Å². The highest BCUT2D eigenvalue weighted by atomic mass is 16.2. The second-order valence-electron chi connectivity index (χ2n) is 5.52. The molecular formula is C14H19NO. The van der Waals surface area contributed by atoms with E-state index >= 15 is 0 Å². The van der Waals surface area contributed by atoms with Crippen LogP contribution in [0.4, 0.5) is 0 Å². The van der Waals surface area contributed by atoms with Gasteiger partial charge in [-0.1, -0.05) is 24.3 Å². The topological polar surface area (TPSA) is 20.3 Å². The van der Waals surface area contributed by atoms with Crippen molar-refractivity contribution in [2.45, 2.75) is 45.7 Å². The monoisotopic (exact) mass is 217 g/mol. The van der Waals surface area contributed by atoms with Gasteiger partial charge < -0.3 is 4.90 Å². The van der Waals surface area contributed by atoms with E-state index in [1.54, 1.807) is 6.92 Å². The third-order valence-corrected chi connectivity index (χ3v) is 3.68. The van der Waals surface area contributed by atoms with Crippen LogP contribution in [0.3, 0.4) is 0 Å². The van der Waals surface area contributed by atoms with Crippen LogP contribution >= 0.6 is 0 Å². The van der Waals surface area contributed by atoms with E-state index in [9.17, 15) is 4.79 Å². The normalized spacial score (nSPS) is 20.7. The summed E-state index contributed by atoms with van der Waals surface area (Å²) in [7, 11) is 0. The summed E-state index contributed by atoms with van der Waals surface area (Å²) in [6, 6.07) is 8.33. The average molecular weight is 217 g/mol. The van der Waals surface area contributed by atoms with Crippen LogP contribution in [0, 0.1) is 0 Å². The van der Waals surface area contributed by atoms with Crippen molar-refractivity contribution in [2.24, 2.45) is 0 Å². The van der Waals surface area contributed by atoms with Crippen LogP contribution in [0.5, 0.6) is 0 Å². The summed E-state index contributed by atoms with van der Waals surface area (Å²) in [4.78, 5) is 13.8. The molecule has 0 atom stereocenters. The Labute approximate surface area is 97.3 Å². The van der Waals surface area contributed by atoms with E-state index in [0.29, 0.717) is 0 Å². The zero-order valence-corrected chi connectivity index (χ0v) is 10.7. The number of hydrogen-bond donors (Lipinski definition) is 0. The summed E-state index contributed by atoms with van der Waals surface area (Å²) in [6.07, 6.45) is 0. The smallest absolute Gasteiger partial charge is 0.220 e. The summed E-state index contributed by atoms with van der Waals surface area (Å²) < 4.78 is 0. The Balaban J connectivity index is 2.70. The molecule has 2 rings (SSSR count). The van der Waals surface area contributed by atoms with Gasteiger partial charge in [-0.25, -0.2) is 0 Å². The van der Waals surface area contributed by atoms with Crippen LogP contribution in [0.25, 0.3) is 0 Å². The van der Waals surface area contributed by atoms with Gasteiger partial charge in [0.1, 0.15) is 0 Å². The molecule has 0 saturated heterocycles. The molecule has 0 bridgehead atoms. The van der Waals surface area contributed by atoms with Gasteiger partial charge in [0, 0.05) is 6.92 Å². The Kier molecular flexibility index (Phi) is 2.16. The number of hydrogen-bond acceptors (Lipinski definition) is 1.